The second-order valence-corrected chi connectivity index (χ2v) is 7.03. The molecule has 0 saturated carbocycles. The zero-order valence-corrected chi connectivity index (χ0v) is 14.6. The predicted octanol–water partition coefficient (Wildman–Crippen LogP) is 1.33. The predicted molar refractivity (Wildman–Crippen MR) is 89.8 cm³/mol. The van der Waals surface area contributed by atoms with Crippen molar-refractivity contribution >= 4 is 5.91 Å². The first kappa shape index (κ1) is 17.4. The van der Waals surface area contributed by atoms with Crippen molar-refractivity contribution < 1.29 is 14.3 Å². The second-order valence-electron chi connectivity index (χ2n) is 7.03. The minimum absolute atomic E-state index is 0.122. The van der Waals surface area contributed by atoms with E-state index in [2.05, 4.69) is 22.7 Å². The maximum atomic E-state index is 12.3. The van der Waals surface area contributed by atoms with Gasteiger partial charge in [-0.3, -0.25) is 9.48 Å². The lowest BCUT2D eigenvalue weighted by Crippen LogP contribution is -2.35. The number of nitrogens with one attached hydrogen (secondary N) is 2. The smallest absolute Gasteiger partial charge is 0.271 e. The Hall–Kier alpha value is -1.44. The fourth-order valence-electron chi connectivity index (χ4n) is 3.46. The van der Waals surface area contributed by atoms with Crippen molar-refractivity contribution in [3.8, 4) is 0 Å². The Balaban J connectivity index is 1.47. The average molecular weight is 336 g/mol. The molecule has 3 rings (SSSR count). The van der Waals surface area contributed by atoms with Gasteiger partial charge in [-0.1, -0.05) is 6.92 Å². The number of amides is 1. The zero-order chi connectivity index (χ0) is 17.0. The van der Waals surface area contributed by atoms with Gasteiger partial charge in [0.15, 0.2) is 5.79 Å². The van der Waals surface area contributed by atoms with Crippen LogP contribution in [0.15, 0.2) is 12.3 Å². The van der Waals surface area contributed by atoms with Crippen LogP contribution in [0.4, 0.5) is 0 Å². The van der Waals surface area contributed by atoms with E-state index >= 15 is 0 Å². The van der Waals surface area contributed by atoms with Gasteiger partial charge in [0.25, 0.3) is 5.91 Å². The molecule has 1 amide bonds. The lowest BCUT2D eigenvalue weighted by atomic mass is 10.0. The van der Waals surface area contributed by atoms with Gasteiger partial charge in [0, 0.05) is 25.7 Å². The summed E-state index contributed by atoms with van der Waals surface area (Å²) >= 11 is 0. The molecule has 24 heavy (non-hydrogen) atoms. The number of carbonyl (C=O) groups excluding carboxylic acids is 1. The molecule has 1 aromatic rings. The Labute approximate surface area is 143 Å². The van der Waals surface area contributed by atoms with E-state index in [1.54, 1.807) is 6.07 Å². The first-order chi connectivity index (χ1) is 11.6. The van der Waals surface area contributed by atoms with Crippen LogP contribution in [0.1, 0.15) is 49.6 Å². The minimum atomic E-state index is -0.514. The summed E-state index contributed by atoms with van der Waals surface area (Å²) in [5, 5.41) is 10.8. The maximum absolute atomic E-state index is 12.3. The molecule has 7 heteroatoms. The van der Waals surface area contributed by atoms with Crippen LogP contribution in [0, 0.1) is 5.92 Å². The molecule has 0 radical (unpaired) electrons. The number of hydrogen-bond acceptors (Lipinski definition) is 5. The Morgan fingerprint density at radius 3 is 3.04 bits per heavy atom. The van der Waals surface area contributed by atoms with Gasteiger partial charge < -0.3 is 20.1 Å². The number of aromatic nitrogens is 2. The van der Waals surface area contributed by atoms with E-state index in [1.165, 1.54) is 0 Å². The third kappa shape index (κ3) is 4.34. The van der Waals surface area contributed by atoms with Crippen LogP contribution in [0.5, 0.6) is 0 Å². The van der Waals surface area contributed by atoms with Crippen LogP contribution in [-0.4, -0.2) is 54.3 Å². The van der Waals surface area contributed by atoms with Crippen molar-refractivity contribution in [3.05, 3.63) is 18.0 Å². The van der Waals surface area contributed by atoms with Crippen LogP contribution in [0.2, 0.25) is 0 Å². The van der Waals surface area contributed by atoms with Gasteiger partial charge in [0.1, 0.15) is 5.69 Å². The highest BCUT2D eigenvalue weighted by molar-refractivity contribution is 5.92. The van der Waals surface area contributed by atoms with E-state index in [1.807, 2.05) is 17.8 Å². The Bertz CT molecular complexity index is 548. The first-order valence-electron chi connectivity index (χ1n) is 8.88. The van der Waals surface area contributed by atoms with Crippen molar-refractivity contribution in [2.45, 2.75) is 44.9 Å². The van der Waals surface area contributed by atoms with Gasteiger partial charge in [-0.15, -0.1) is 0 Å². The van der Waals surface area contributed by atoms with Crippen molar-refractivity contribution in [3.63, 3.8) is 0 Å². The van der Waals surface area contributed by atoms with Crippen molar-refractivity contribution in [2.24, 2.45) is 5.92 Å². The molecule has 0 aliphatic carbocycles. The number of carbonyl (C=O) groups is 1. The second kappa shape index (κ2) is 7.63. The minimum Gasteiger partial charge on any atom is -0.350 e. The quantitative estimate of drug-likeness (QED) is 0.819. The number of nitrogens with zero attached hydrogens (tertiary/aromatic N) is 2. The summed E-state index contributed by atoms with van der Waals surface area (Å²) in [6.07, 6.45) is 4.91. The SMILES string of the molecule is CC(CNC(=O)c1ccn(C2CCCNC2)n1)CC1(C)OCCO1. The number of piperidine rings is 1. The van der Waals surface area contributed by atoms with E-state index in [9.17, 15) is 4.79 Å². The lowest BCUT2D eigenvalue weighted by molar-refractivity contribution is -0.153. The summed E-state index contributed by atoms with van der Waals surface area (Å²) in [6.45, 7) is 7.89. The molecule has 2 unspecified atom stereocenters. The molecule has 134 valence electrons. The van der Waals surface area contributed by atoms with Crippen LogP contribution in [0.25, 0.3) is 0 Å². The van der Waals surface area contributed by atoms with Gasteiger partial charge >= 0.3 is 0 Å². The molecule has 2 saturated heterocycles. The van der Waals surface area contributed by atoms with E-state index in [4.69, 9.17) is 9.47 Å². The average Bonchev–Trinajstić information content (AvgIpc) is 3.23. The third-order valence-electron chi connectivity index (χ3n) is 4.71. The lowest BCUT2D eigenvalue weighted by Gasteiger charge is -2.25. The first-order valence-corrected chi connectivity index (χ1v) is 8.88. The highest BCUT2D eigenvalue weighted by Gasteiger charge is 2.32. The van der Waals surface area contributed by atoms with E-state index in [0.717, 1.165) is 32.4 Å². The van der Waals surface area contributed by atoms with Gasteiger partial charge in [-0.05, 0) is 38.3 Å². The van der Waals surface area contributed by atoms with Gasteiger partial charge in [0.2, 0.25) is 0 Å². The van der Waals surface area contributed by atoms with Crippen LogP contribution in [0.3, 0.4) is 0 Å². The zero-order valence-electron chi connectivity index (χ0n) is 14.6. The van der Waals surface area contributed by atoms with Crippen LogP contribution >= 0.6 is 0 Å². The summed E-state index contributed by atoms with van der Waals surface area (Å²) in [5.41, 5.74) is 0.479. The van der Waals surface area contributed by atoms with Crippen molar-refractivity contribution in [1.82, 2.24) is 20.4 Å². The third-order valence-corrected chi connectivity index (χ3v) is 4.71. The highest BCUT2D eigenvalue weighted by atomic mass is 16.7. The molecular formula is C17H28N4O3. The molecule has 7 nitrogen and oxygen atoms in total. The molecule has 1 aromatic heterocycles. The maximum Gasteiger partial charge on any atom is 0.271 e. The molecule has 0 bridgehead atoms. The topological polar surface area (TPSA) is 77.4 Å². The number of hydrogen-bond donors (Lipinski definition) is 2. The molecule has 2 aliphatic rings. The summed E-state index contributed by atoms with van der Waals surface area (Å²) in [7, 11) is 0. The molecular weight excluding hydrogens is 308 g/mol. The van der Waals surface area contributed by atoms with E-state index in [-0.39, 0.29) is 11.8 Å². The van der Waals surface area contributed by atoms with Crippen LogP contribution < -0.4 is 10.6 Å². The summed E-state index contributed by atoms with van der Waals surface area (Å²) in [4.78, 5) is 12.3. The normalized spacial score (nSPS) is 24.7. The molecule has 2 aliphatic heterocycles. The Morgan fingerprint density at radius 2 is 2.33 bits per heavy atom. The Kier molecular flexibility index (Phi) is 5.53. The van der Waals surface area contributed by atoms with Crippen molar-refractivity contribution in [1.29, 1.82) is 0 Å². The van der Waals surface area contributed by atoms with Gasteiger partial charge in [-0.25, -0.2) is 0 Å². The molecule has 0 spiro atoms. The van der Waals surface area contributed by atoms with E-state index < -0.39 is 5.79 Å². The molecule has 2 fully saturated rings. The fraction of sp³-hybridized carbons (Fsp3) is 0.765. The summed E-state index contributed by atoms with van der Waals surface area (Å²) in [5.74, 6) is -0.371. The van der Waals surface area contributed by atoms with Crippen LogP contribution in [-0.2, 0) is 9.47 Å². The fourth-order valence-corrected chi connectivity index (χ4v) is 3.46. The standard InChI is InChI=1S/C17H28N4O3/c1-13(10-17(2)23-8-9-24-17)11-19-16(22)15-5-7-21(20-15)14-4-3-6-18-12-14/h5,7,13-14,18H,3-4,6,8-12H2,1-2H3,(H,19,22). The molecule has 3 heterocycles. The summed E-state index contributed by atoms with van der Waals surface area (Å²) in [6, 6.07) is 2.13. The number of ether oxygens (including phenoxy) is 2. The van der Waals surface area contributed by atoms with E-state index in [0.29, 0.717) is 31.5 Å². The van der Waals surface area contributed by atoms with Gasteiger partial charge in [0.05, 0.1) is 19.3 Å². The van der Waals surface area contributed by atoms with Crippen molar-refractivity contribution in [2.75, 3.05) is 32.8 Å². The Morgan fingerprint density at radius 1 is 1.54 bits per heavy atom. The number of rotatable bonds is 6. The summed E-state index contributed by atoms with van der Waals surface area (Å²) < 4.78 is 13.1. The molecule has 2 N–H and O–H groups in total. The molecule has 0 aromatic carbocycles. The monoisotopic (exact) mass is 336 g/mol. The highest BCUT2D eigenvalue weighted by Crippen LogP contribution is 2.26. The molecule has 2 atom stereocenters. The largest absolute Gasteiger partial charge is 0.350 e. The van der Waals surface area contributed by atoms with Gasteiger partial charge in [-0.2, -0.15) is 5.10 Å².